The molecule has 0 aliphatic carbocycles. The molecule has 8 heteroatoms. The molecule has 4 rings (SSSR count). The van der Waals surface area contributed by atoms with E-state index in [9.17, 15) is 13.5 Å². The van der Waals surface area contributed by atoms with E-state index in [1.54, 1.807) is 24.3 Å². The van der Waals surface area contributed by atoms with E-state index in [2.05, 4.69) is 21.8 Å². The first kappa shape index (κ1) is 21.0. The molecule has 0 aromatic heterocycles. The molecule has 1 atom stereocenters. The SMILES string of the molecule is CS(=O)(=O)Nc1ccc(C(O)C2CCN(CCc3ccc4c(c3)OCO4)CC2)cc1. The molecule has 162 valence electrons. The summed E-state index contributed by atoms with van der Waals surface area (Å²) >= 11 is 0. The predicted molar refractivity (Wildman–Crippen MR) is 115 cm³/mol. The molecule has 7 nitrogen and oxygen atoms in total. The third-order valence-electron chi connectivity index (χ3n) is 5.79. The van der Waals surface area contributed by atoms with Crippen LogP contribution in [0.4, 0.5) is 5.69 Å². The number of likely N-dealkylation sites (tertiary alicyclic amines) is 1. The average molecular weight is 433 g/mol. The van der Waals surface area contributed by atoms with Crippen LogP contribution in [0.25, 0.3) is 0 Å². The van der Waals surface area contributed by atoms with Gasteiger partial charge in [0.25, 0.3) is 0 Å². The number of piperidine rings is 1. The minimum atomic E-state index is -3.30. The fourth-order valence-electron chi connectivity index (χ4n) is 4.11. The Morgan fingerprint density at radius 3 is 2.50 bits per heavy atom. The zero-order chi connectivity index (χ0) is 21.1. The predicted octanol–water partition coefficient (Wildman–Crippen LogP) is 2.77. The highest BCUT2D eigenvalue weighted by atomic mass is 32.2. The number of nitrogens with one attached hydrogen (secondary N) is 1. The molecule has 2 N–H and O–H groups in total. The van der Waals surface area contributed by atoms with Gasteiger partial charge in [-0.2, -0.15) is 0 Å². The molecule has 1 fully saturated rings. The Labute approximate surface area is 177 Å². The maximum absolute atomic E-state index is 11.3. The van der Waals surface area contributed by atoms with Crippen LogP contribution in [-0.2, 0) is 16.4 Å². The molecule has 2 aromatic rings. The van der Waals surface area contributed by atoms with Crippen LogP contribution in [0.2, 0.25) is 0 Å². The fraction of sp³-hybridized carbons (Fsp3) is 0.455. The number of rotatable bonds is 7. The van der Waals surface area contributed by atoms with E-state index < -0.39 is 16.1 Å². The van der Waals surface area contributed by atoms with Crippen LogP contribution in [0, 0.1) is 5.92 Å². The number of sulfonamides is 1. The molecule has 0 saturated carbocycles. The largest absolute Gasteiger partial charge is 0.454 e. The van der Waals surface area contributed by atoms with Gasteiger partial charge in [0, 0.05) is 12.2 Å². The molecule has 1 saturated heterocycles. The standard InChI is InChI=1S/C22H28N2O5S/c1-30(26,27)23-19-5-3-17(4-6-19)22(25)18-9-12-24(13-10-18)11-8-16-2-7-20-21(14-16)29-15-28-20/h2-7,14,18,22-23,25H,8-13,15H2,1H3. The van der Waals surface area contributed by atoms with Crippen LogP contribution in [0.1, 0.15) is 30.1 Å². The highest BCUT2D eigenvalue weighted by molar-refractivity contribution is 7.92. The Balaban J connectivity index is 1.25. The van der Waals surface area contributed by atoms with E-state index in [1.165, 1.54) is 5.56 Å². The number of hydrogen-bond donors (Lipinski definition) is 2. The summed E-state index contributed by atoms with van der Waals surface area (Å²) in [5.74, 6) is 1.85. The van der Waals surface area contributed by atoms with Gasteiger partial charge in [0.05, 0.1) is 12.4 Å². The molecule has 2 heterocycles. The molecule has 0 spiro atoms. The third-order valence-corrected chi connectivity index (χ3v) is 6.39. The van der Waals surface area contributed by atoms with Crippen LogP contribution in [0.3, 0.4) is 0 Å². The van der Waals surface area contributed by atoms with E-state index >= 15 is 0 Å². The van der Waals surface area contributed by atoms with Gasteiger partial charge in [-0.25, -0.2) is 8.42 Å². The molecule has 2 aromatic carbocycles. The van der Waals surface area contributed by atoms with Crippen LogP contribution in [-0.4, -0.2) is 51.1 Å². The quantitative estimate of drug-likeness (QED) is 0.700. The van der Waals surface area contributed by atoms with Gasteiger partial charge in [-0.1, -0.05) is 18.2 Å². The van der Waals surface area contributed by atoms with Crippen LogP contribution in [0.15, 0.2) is 42.5 Å². The maximum Gasteiger partial charge on any atom is 0.231 e. The Bertz CT molecular complexity index is 970. The van der Waals surface area contributed by atoms with Crippen LogP contribution >= 0.6 is 0 Å². The van der Waals surface area contributed by atoms with Crippen molar-refractivity contribution >= 4 is 15.7 Å². The number of anilines is 1. The second-order valence-electron chi connectivity index (χ2n) is 8.06. The van der Waals surface area contributed by atoms with Gasteiger partial charge in [0.2, 0.25) is 16.8 Å². The van der Waals surface area contributed by atoms with Crippen molar-refractivity contribution in [2.45, 2.75) is 25.4 Å². The first-order chi connectivity index (χ1) is 14.4. The maximum atomic E-state index is 11.3. The lowest BCUT2D eigenvalue weighted by atomic mass is 9.87. The van der Waals surface area contributed by atoms with Crippen molar-refractivity contribution in [2.75, 3.05) is 37.4 Å². The summed E-state index contributed by atoms with van der Waals surface area (Å²) in [5.41, 5.74) is 2.57. The van der Waals surface area contributed by atoms with E-state index in [4.69, 9.17) is 9.47 Å². The Kier molecular flexibility index (Phi) is 6.17. The van der Waals surface area contributed by atoms with Crippen molar-refractivity contribution in [3.8, 4) is 11.5 Å². The van der Waals surface area contributed by atoms with Crippen molar-refractivity contribution < 1.29 is 23.0 Å². The van der Waals surface area contributed by atoms with E-state index in [1.807, 2.05) is 6.07 Å². The summed E-state index contributed by atoms with van der Waals surface area (Å²) in [4.78, 5) is 2.44. The summed E-state index contributed by atoms with van der Waals surface area (Å²) < 4.78 is 35.9. The molecule has 2 aliphatic rings. The van der Waals surface area contributed by atoms with E-state index in [0.717, 1.165) is 62.2 Å². The van der Waals surface area contributed by atoms with Gasteiger partial charge < -0.3 is 19.5 Å². The molecule has 30 heavy (non-hydrogen) atoms. The Morgan fingerprint density at radius 2 is 1.80 bits per heavy atom. The minimum absolute atomic E-state index is 0.209. The van der Waals surface area contributed by atoms with Crippen LogP contribution in [0.5, 0.6) is 11.5 Å². The molecule has 1 unspecified atom stereocenters. The molecule has 0 amide bonds. The zero-order valence-electron chi connectivity index (χ0n) is 17.1. The smallest absolute Gasteiger partial charge is 0.231 e. The summed E-state index contributed by atoms with van der Waals surface area (Å²) in [7, 11) is -3.30. The van der Waals surface area contributed by atoms with Crippen LogP contribution < -0.4 is 14.2 Å². The Morgan fingerprint density at radius 1 is 1.10 bits per heavy atom. The minimum Gasteiger partial charge on any atom is -0.454 e. The van der Waals surface area contributed by atoms with Crippen molar-refractivity contribution in [3.05, 3.63) is 53.6 Å². The Hall–Kier alpha value is -2.29. The summed E-state index contributed by atoms with van der Waals surface area (Å²) in [6.07, 6.45) is 3.42. The topological polar surface area (TPSA) is 88.1 Å². The average Bonchev–Trinajstić information content (AvgIpc) is 3.19. The number of aliphatic hydroxyl groups is 1. The molecule has 2 aliphatic heterocycles. The molecular weight excluding hydrogens is 404 g/mol. The van der Waals surface area contributed by atoms with Gasteiger partial charge in [-0.15, -0.1) is 0 Å². The van der Waals surface area contributed by atoms with Gasteiger partial charge >= 0.3 is 0 Å². The lowest BCUT2D eigenvalue weighted by Crippen LogP contribution is -2.36. The van der Waals surface area contributed by atoms with Crippen molar-refractivity contribution in [1.29, 1.82) is 0 Å². The lowest BCUT2D eigenvalue weighted by Gasteiger charge is -2.34. The molecule has 0 radical (unpaired) electrons. The molecular formula is C22H28N2O5S. The molecule has 0 bridgehead atoms. The zero-order valence-corrected chi connectivity index (χ0v) is 17.9. The van der Waals surface area contributed by atoms with Gasteiger partial charge in [-0.3, -0.25) is 4.72 Å². The summed E-state index contributed by atoms with van der Waals surface area (Å²) in [6, 6.07) is 13.1. The number of nitrogens with zero attached hydrogens (tertiary/aromatic N) is 1. The number of ether oxygens (including phenoxy) is 2. The van der Waals surface area contributed by atoms with Gasteiger partial charge in [-0.05, 0) is 73.7 Å². The first-order valence-corrected chi connectivity index (χ1v) is 12.1. The summed E-state index contributed by atoms with van der Waals surface area (Å²) in [5, 5.41) is 10.8. The fourth-order valence-corrected chi connectivity index (χ4v) is 4.67. The van der Waals surface area contributed by atoms with E-state index in [0.29, 0.717) is 12.5 Å². The third kappa shape index (κ3) is 5.24. The van der Waals surface area contributed by atoms with Gasteiger partial charge in [0.15, 0.2) is 11.5 Å². The number of fused-ring (bicyclic) bond motifs is 1. The number of hydrogen-bond acceptors (Lipinski definition) is 6. The second kappa shape index (κ2) is 8.83. The van der Waals surface area contributed by atoms with Crippen molar-refractivity contribution in [1.82, 2.24) is 4.90 Å². The van der Waals surface area contributed by atoms with E-state index in [-0.39, 0.29) is 5.92 Å². The highest BCUT2D eigenvalue weighted by Crippen LogP contribution is 2.33. The summed E-state index contributed by atoms with van der Waals surface area (Å²) in [6.45, 7) is 3.19. The number of benzene rings is 2. The van der Waals surface area contributed by atoms with Crippen molar-refractivity contribution in [3.63, 3.8) is 0 Å². The first-order valence-electron chi connectivity index (χ1n) is 10.2. The van der Waals surface area contributed by atoms with Crippen molar-refractivity contribution in [2.24, 2.45) is 5.92 Å². The second-order valence-corrected chi connectivity index (χ2v) is 9.81. The van der Waals surface area contributed by atoms with Gasteiger partial charge in [0.1, 0.15) is 0 Å². The normalized spacial score (nSPS) is 18.3. The number of aliphatic hydroxyl groups excluding tert-OH is 1. The lowest BCUT2D eigenvalue weighted by molar-refractivity contribution is 0.0592. The highest BCUT2D eigenvalue weighted by Gasteiger charge is 2.26. The monoisotopic (exact) mass is 432 g/mol.